The average molecular weight is 371 g/mol. The van der Waals surface area contributed by atoms with Crippen LogP contribution < -0.4 is 10.1 Å². The Morgan fingerprint density at radius 3 is 2.64 bits per heavy atom. The summed E-state index contributed by atoms with van der Waals surface area (Å²) in [4.78, 5) is 20.6. The van der Waals surface area contributed by atoms with Gasteiger partial charge < -0.3 is 15.0 Å². The third-order valence-corrected chi connectivity index (χ3v) is 4.50. The van der Waals surface area contributed by atoms with Crippen LogP contribution in [0.4, 0.5) is 5.69 Å². The van der Waals surface area contributed by atoms with E-state index < -0.39 is 6.10 Å². The van der Waals surface area contributed by atoms with Crippen LogP contribution in [0.3, 0.4) is 0 Å². The minimum absolute atomic E-state index is 0.218. The maximum atomic E-state index is 12.7. The normalized spacial score (nSPS) is 11.9. The largest absolute Gasteiger partial charge is 0.481 e. The van der Waals surface area contributed by atoms with Crippen LogP contribution in [0.25, 0.3) is 22.4 Å². The van der Waals surface area contributed by atoms with Crippen LogP contribution in [0.5, 0.6) is 5.75 Å². The molecule has 0 saturated heterocycles. The fourth-order valence-electron chi connectivity index (χ4n) is 3.06. The monoisotopic (exact) mass is 371 g/mol. The van der Waals surface area contributed by atoms with Gasteiger partial charge in [-0.25, -0.2) is 4.98 Å². The van der Waals surface area contributed by atoms with Crippen molar-refractivity contribution in [3.8, 4) is 17.1 Å². The molecule has 1 amide bonds. The Hall–Kier alpha value is -3.60. The van der Waals surface area contributed by atoms with Crippen molar-refractivity contribution in [2.24, 2.45) is 0 Å². The first-order valence-electron chi connectivity index (χ1n) is 9.18. The lowest BCUT2D eigenvalue weighted by molar-refractivity contribution is -0.122. The number of rotatable bonds is 5. The smallest absolute Gasteiger partial charge is 0.265 e. The van der Waals surface area contributed by atoms with Crippen molar-refractivity contribution in [2.75, 3.05) is 5.32 Å². The Morgan fingerprint density at radius 2 is 1.82 bits per heavy atom. The van der Waals surface area contributed by atoms with Gasteiger partial charge in [-0.1, -0.05) is 36.4 Å². The van der Waals surface area contributed by atoms with Gasteiger partial charge in [0.25, 0.3) is 5.91 Å². The van der Waals surface area contributed by atoms with Crippen molar-refractivity contribution in [1.29, 1.82) is 0 Å². The first-order valence-corrected chi connectivity index (χ1v) is 9.18. The number of ether oxygens (including phenoxy) is 1. The predicted molar refractivity (Wildman–Crippen MR) is 111 cm³/mol. The van der Waals surface area contributed by atoms with E-state index in [1.165, 1.54) is 0 Å². The van der Waals surface area contributed by atoms with Crippen LogP contribution in [0, 0.1) is 6.92 Å². The van der Waals surface area contributed by atoms with E-state index in [2.05, 4.69) is 15.3 Å². The van der Waals surface area contributed by atoms with Gasteiger partial charge in [0, 0.05) is 5.56 Å². The molecule has 0 radical (unpaired) electrons. The fourth-order valence-corrected chi connectivity index (χ4v) is 3.06. The lowest BCUT2D eigenvalue weighted by atomic mass is 10.1. The van der Waals surface area contributed by atoms with Crippen molar-refractivity contribution in [2.45, 2.75) is 20.0 Å². The van der Waals surface area contributed by atoms with E-state index in [4.69, 9.17) is 4.74 Å². The molecule has 2 N–H and O–H groups in total. The van der Waals surface area contributed by atoms with Gasteiger partial charge in [-0.05, 0) is 55.8 Å². The van der Waals surface area contributed by atoms with E-state index in [1.54, 1.807) is 6.92 Å². The average Bonchev–Trinajstić information content (AvgIpc) is 3.12. The molecule has 0 saturated carbocycles. The molecule has 1 heterocycles. The number of nitrogens with one attached hydrogen (secondary N) is 2. The topological polar surface area (TPSA) is 67.0 Å². The number of carbonyl (C=O) groups is 1. The highest BCUT2D eigenvalue weighted by Crippen LogP contribution is 2.27. The molecule has 5 nitrogen and oxygen atoms in total. The number of hydrogen-bond acceptors (Lipinski definition) is 3. The lowest BCUT2D eigenvalue weighted by Crippen LogP contribution is -2.30. The number of H-pyrrole nitrogens is 1. The summed E-state index contributed by atoms with van der Waals surface area (Å²) in [6.45, 7) is 3.72. The summed E-state index contributed by atoms with van der Waals surface area (Å²) in [5.74, 6) is 1.17. The lowest BCUT2D eigenvalue weighted by Gasteiger charge is -2.16. The van der Waals surface area contributed by atoms with Gasteiger partial charge in [0.15, 0.2) is 6.10 Å². The molecule has 0 fully saturated rings. The highest BCUT2D eigenvalue weighted by Gasteiger charge is 2.18. The van der Waals surface area contributed by atoms with Gasteiger partial charge in [0.1, 0.15) is 11.6 Å². The Labute approximate surface area is 163 Å². The quantitative estimate of drug-likeness (QED) is 0.522. The molecular formula is C23H21N3O2. The van der Waals surface area contributed by atoms with Gasteiger partial charge in [-0.15, -0.1) is 0 Å². The minimum Gasteiger partial charge on any atom is -0.481 e. The molecule has 0 aliphatic rings. The van der Waals surface area contributed by atoms with Crippen LogP contribution in [0.15, 0.2) is 72.8 Å². The molecule has 1 atom stereocenters. The summed E-state index contributed by atoms with van der Waals surface area (Å²) in [5.41, 5.74) is 4.44. The molecule has 0 aliphatic heterocycles. The molecule has 0 bridgehead atoms. The number of anilines is 1. The van der Waals surface area contributed by atoms with Crippen LogP contribution in [-0.2, 0) is 4.79 Å². The van der Waals surface area contributed by atoms with E-state index in [-0.39, 0.29) is 5.91 Å². The van der Waals surface area contributed by atoms with Crippen molar-refractivity contribution in [1.82, 2.24) is 9.97 Å². The second kappa shape index (κ2) is 7.56. The van der Waals surface area contributed by atoms with Crippen molar-refractivity contribution >= 4 is 22.6 Å². The van der Waals surface area contributed by atoms with Crippen LogP contribution >= 0.6 is 0 Å². The van der Waals surface area contributed by atoms with E-state index in [1.807, 2.05) is 79.7 Å². The van der Waals surface area contributed by atoms with Gasteiger partial charge in [-0.2, -0.15) is 0 Å². The Morgan fingerprint density at radius 1 is 1.04 bits per heavy atom. The zero-order chi connectivity index (χ0) is 19.5. The molecule has 4 aromatic rings. The number of nitrogens with zero attached hydrogens (tertiary/aromatic N) is 1. The number of benzene rings is 3. The Kier molecular flexibility index (Phi) is 4.81. The SMILES string of the molecule is Cc1cccc(OC(C)C(=O)Nc2ccccc2-c2nc3ccccc3[nH]2)c1. The van der Waals surface area contributed by atoms with E-state index in [0.717, 1.165) is 22.2 Å². The van der Waals surface area contributed by atoms with E-state index >= 15 is 0 Å². The van der Waals surface area contributed by atoms with Crippen molar-refractivity contribution in [3.63, 3.8) is 0 Å². The predicted octanol–water partition coefficient (Wildman–Crippen LogP) is 4.94. The number of amides is 1. The zero-order valence-corrected chi connectivity index (χ0v) is 15.8. The number of aromatic amines is 1. The molecule has 0 spiro atoms. The van der Waals surface area contributed by atoms with Crippen molar-refractivity contribution in [3.05, 3.63) is 78.4 Å². The molecule has 0 aliphatic carbocycles. The summed E-state index contributed by atoms with van der Waals surface area (Å²) in [6.07, 6.45) is -0.634. The summed E-state index contributed by atoms with van der Waals surface area (Å²) in [5, 5.41) is 2.96. The summed E-state index contributed by atoms with van der Waals surface area (Å²) >= 11 is 0. The number of aryl methyl sites for hydroxylation is 1. The van der Waals surface area contributed by atoms with Gasteiger partial charge in [-0.3, -0.25) is 4.79 Å². The summed E-state index contributed by atoms with van der Waals surface area (Å²) < 4.78 is 5.79. The highest BCUT2D eigenvalue weighted by atomic mass is 16.5. The molecule has 28 heavy (non-hydrogen) atoms. The van der Waals surface area contributed by atoms with Gasteiger partial charge >= 0.3 is 0 Å². The number of carbonyl (C=O) groups excluding carboxylic acids is 1. The molecular weight excluding hydrogens is 350 g/mol. The van der Waals surface area contributed by atoms with E-state index in [0.29, 0.717) is 17.3 Å². The van der Waals surface area contributed by atoms with Gasteiger partial charge in [0.2, 0.25) is 0 Å². The van der Waals surface area contributed by atoms with Crippen molar-refractivity contribution < 1.29 is 9.53 Å². The number of aromatic nitrogens is 2. The molecule has 1 unspecified atom stereocenters. The first kappa shape index (κ1) is 17.8. The third-order valence-electron chi connectivity index (χ3n) is 4.50. The summed E-state index contributed by atoms with van der Waals surface area (Å²) in [7, 11) is 0. The minimum atomic E-state index is -0.634. The molecule has 1 aromatic heterocycles. The maximum absolute atomic E-state index is 12.7. The van der Waals surface area contributed by atoms with Crippen LogP contribution in [0.2, 0.25) is 0 Å². The van der Waals surface area contributed by atoms with Crippen LogP contribution in [0.1, 0.15) is 12.5 Å². The summed E-state index contributed by atoms with van der Waals surface area (Å²) in [6, 6.07) is 23.1. The number of imidazole rings is 1. The fraction of sp³-hybridized carbons (Fsp3) is 0.130. The van der Waals surface area contributed by atoms with Gasteiger partial charge in [0.05, 0.1) is 16.7 Å². The maximum Gasteiger partial charge on any atom is 0.265 e. The molecule has 4 rings (SSSR count). The third kappa shape index (κ3) is 3.74. The molecule has 3 aromatic carbocycles. The Balaban J connectivity index is 1.55. The molecule has 5 heteroatoms. The molecule has 140 valence electrons. The first-order chi connectivity index (χ1) is 13.6. The van der Waals surface area contributed by atoms with Crippen LogP contribution in [-0.4, -0.2) is 22.0 Å². The standard InChI is InChI=1S/C23H21N3O2/c1-15-8-7-9-17(14-15)28-16(2)23(27)26-19-11-4-3-10-18(19)22-24-20-12-5-6-13-21(20)25-22/h3-14,16H,1-2H3,(H,24,25)(H,26,27). The Bertz CT molecular complexity index is 1100. The zero-order valence-electron chi connectivity index (χ0n) is 15.8. The highest BCUT2D eigenvalue weighted by molar-refractivity contribution is 5.98. The number of para-hydroxylation sites is 3. The number of fused-ring (bicyclic) bond motifs is 1. The van der Waals surface area contributed by atoms with E-state index in [9.17, 15) is 4.79 Å². The second-order valence-corrected chi connectivity index (χ2v) is 6.71. The second-order valence-electron chi connectivity index (χ2n) is 6.71. The number of hydrogen-bond donors (Lipinski definition) is 2.